The van der Waals surface area contributed by atoms with Crippen molar-refractivity contribution in [3.8, 4) is 0 Å². The fourth-order valence-corrected chi connectivity index (χ4v) is 1.73. The van der Waals surface area contributed by atoms with Crippen LogP contribution in [-0.4, -0.2) is 35.5 Å². The summed E-state index contributed by atoms with van der Waals surface area (Å²) in [4.78, 5) is 3.24. The molecule has 0 saturated carbocycles. The molecule has 0 spiro atoms. The van der Waals surface area contributed by atoms with Crippen molar-refractivity contribution < 1.29 is 9.85 Å². The second-order valence-electron chi connectivity index (χ2n) is 4.45. The van der Waals surface area contributed by atoms with E-state index in [1.165, 1.54) is 10.9 Å². The number of benzene rings is 1. The molecule has 2 aromatic rings. The summed E-state index contributed by atoms with van der Waals surface area (Å²) in [5, 5.41) is 10.9. The van der Waals surface area contributed by atoms with E-state index in [4.69, 9.17) is 0 Å². The van der Waals surface area contributed by atoms with Crippen LogP contribution >= 0.6 is 0 Å². The predicted molar refractivity (Wildman–Crippen MR) is 60.8 cm³/mol. The Bertz CT molecular complexity index is 454. The van der Waals surface area contributed by atoms with Crippen molar-refractivity contribution in [2.75, 3.05) is 20.6 Å². The number of quaternary nitrogens is 1. The second kappa shape index (κ2) is 3.68. The number of likely N-dealkylation sites (N-methyl/N-ethyl adjacent to an activating group) is 1. The third-order valence-corrected chi connectivity index (χ3v) is 2.60. The molecule has 0 amide bonds. The largest absolute Gasteiger partial charge is 0.361 e. The molecule has 15 heavy (non-hydrogen) atoms. The van der Waals surface area contributed by atoms with E-state index in [1.807, 2.05) is 18.3 Å². The summed E-state index contributed by atoms with van der Waals surface area (Å²) < 4.78 is 0.0134. The number of aromatic nitrogens is 1. The van der Waals surface area contributed by atoms with E-state index in [0.29, 0.717) is 0 Å². The van der Waals surface area contributed by atoms with Crippen LogP contribution in [0.4, 0.5) is 0 Å². The molecule has 3 nitrogen and oxygen atoms in total. The van der Waals surface area contributed by atoms with Gasteiger partial charge in [0.15, 0.2) is 0 Å². The summed E-state index contributed by atoms with van der Waals surface area (Å²) in [5.74, 6) is 0. The molecule has 0 saturated heterocycles. The van der Waals surface area contributed by atoms with E-state index < -0.39 is 0 Å². The molecule has 1 aromatic heterocycles. The van der Waals surface area contributed by atoms with Crippen molar-refractivity contribution in [3.05, 3.63) is 36.0 Å². The molecular formula is C12H17N2O+. The summed E-state index contributed by atoms with van der Waals surface area (Å²) in [6, 6.07) is 8.24. The summed E-state index contributed by atoms with van der Waals surface area (Å²) in [6.07, 6.45) is 2.91. The van der Waals surface area contributed by atoms with E-state index in [2.05, 4.69) is 17.1 Å². The van der Waals surface area contributed by atoms with Crippen molar-refractivity contribution in [2.45, 2.75) is 6.42 Å². The van der Waals surface area contributed by atoms with Crippen LogP contribution in [0.3, 0.4) is 0 Å². The molecule has 1 aromatic carbocycles. The van der Waals surface area contributed by atoms with Crippen LogP contribution in [0.1, 0.15) is 5.56 Å². The minimum absolute atomic E-state index is 0.0134. The van der Waals surface area contributed by atoms with Crippen molar-refractivity contribution in [1.29, 1.82) is 0 Å². The van der Waals surface area contributed by atoms with Gasteiger partial charge in [0.25, 0.3) is 0 Å². The maximum Gasteiger partial charge on any atom is 0.112 e. The minimum atomic E-state index is 0.0134. The normalized spacial score (nSPS) is 12.2. The van der Waals surface area contributed by atoms with Gasteiger partial charge in [0.1, 0.15) is 6.54 Å². The van der Waals surface area contributed by atoms with Gasteiger partial charge in [0.2, 0.25) is 0 Å². The highest BCUT2D eigenvalue weighted by Gasteiger charge is 2.12. The molecule has 0 fully saturated rings. The molecule has 0 aliphatic rings. The maximum absolute atomic E-state index is 9.62. The smallest absolute Gasteiger partial charge is 0.112 e. The quantitative estimate of drug-likeness (QED) is 0.584. The van der Waals surface area contributed by atoms with Crippen LogP contribution in [0.15, 0.2) is 30.5 Å². The number of H-pyrrole nitrogens is 1. The Labute approximate surface area is 89.5 Å². The number of hydrogen-bond donors (Lipinski definition) is 2. The van der Waals surface area contributed by atoms with Gasteiger partial charge in [-0.1, -0.05) is 18.2 Å². The van der Waals surface area contributed by atoms with E-state index in [0.717, 1.165) is 18.5 Å². The number of aromatic amines is 1. The molecule has 80 valence electrons. The summed E-state index contributed by atoms with van der Waals surface area (Å²) in [7, 11) is 3.57. The van der Waals surface area contributed by atoms with Crippen molar-refractivity contribution >= 4 is 10.9 Å². The van der Waals surface area contributed by atoms with Crippen LogP contribution in [0.2, 0.25) is 0 Å². The second-order valence-corrected chi connectivity index (χ2v) is 4.45. The van der Waals surface area contributed by atoms with Gasteiger partial charge in [-0.25, -0.2) is 5.21 Å². The standard InChI is InChI=1S/C12H17N2O/c1-14(2,15)8-7-10-9-13-12-6-4-3-5-11(10)12/h3-6,9,13,15H,7-8H2,1-2H3/q+1. The zero-order chi connectivity index (χ0) is 10.9. The fraction of sp³-hybridized carbons (Fsp3) is 0.333. The minimum Gasteiger partial charge on any atom is -0.361 e. The van der Waals surface area contributed by atoms with E-state index >= 15 is 0 Å². The maximum atomic E-state index is 9.62. The molecule has 0 bridgehead atoms. The number of nitrogens with zero attached hydrogens (tertiary/aromatic N) is 1. The molecule has 0 aliphatic heterocycles. The van der Waals surface area contributed by atoms with Gasteiger partial charge in [-0.2, -0.15) is 4.65 Å². The van der Waals surface area contributed by atoms with Crippen LogP contribution in [0, 0.1) is 0 Å². The van der Waals surface area contributed by atoms with Crippen molar-refractivity contribution in [3.63, 3.8) is 0 Å². The van der Waals surface area contributed by atoms with Gasteiger partial charge in [-0.05, 0) is 11.6 Å². The first-order chi connectivity index (χ1) is 7.06. The molecule has 2 N–H and O–H groups in total. The number of nitrogens with one attached hydrogen (secondary N) is 1. The molecular weight excluding hydrogens is 188 g/mol. The Balaban J connectivity index is 2.22. The van der Waals surface area contributed by atoms with Crippen molar-refractivity contribution in [2.24, 2.45) is 0 Å². The average molecular weight is 205 g/mol. The highest BCUT2D eigenvalue weighted by atomic mass is 16.5. The highest BCUT2D eigenvalue weighted by molar-refractivity contribution is 5.82. The molecule has 0 aliphatic carbocycles. The Morgan fingerprint density at radius 1 is 1.27 bits per heavy atom. The topological polar surface area (TPSA) is 36.0 Å². The van der Waals surface area contributed by atoms with Gasteiger partial charge in [0, 0.05) is 23.5 Å². The zero-order valence-electron chi connectivity index (χ0n) is 9.20. The lowest BCUT2D eigenvalue weighted by Gasteiger charge is -2.18. The monoisotopic (exact) mass is 205 g/mol. The molecule has 2 rings (SSSR count). The van der Waals surface area contributed by atoms with Gasteiger partial charge in [0.05, 0.1) is 14.1 Å². The summed E-state index contributed by atoms with van der Waals surface area (Å²) >= 11 is 0. The molecule has 3 heteroatoms. The predicted octanol–water partition coefficient (Wildman–Crippen LogP) is 2.18. The number of para-hydroxylation sites is 1. The Kier molecular flexibility index (Phi) is 2.50. The lowest BCUT2D eigenvalue weighted by atomic mass is 10.1. The number of hydrogen-bond acceptors (Lipinski definition) is 1. The summed E-state index contributed by atoms with van der Waals surface area (Å²) in [5.41, 5.74) is 2.43. The van der Waals surface area contributed by atoms with Crippen LogP contribution in [0.25, 0.3) is 10.9 Å². The first-order valence-corrected chi connectivity index (χ1v) is 5.17. The third-order valence-electron chi connectivity index (χ3n) is 2.60. The highest BCUT2D eigenvalue weighted by Crippen LogP contribution is 2.18. The van der Waals surface area contributed by atoms with Crippen molar-refractivity contribution in [1.82, 2.24) is 4.98 Å². The van der Waals surface area contributed by atoms with E-state index in [1.54, 1.807) is 14.1 Å². The Hall–Kier alpha value is -1.32. The van der Waals surface area contributed by atoms with Gasteiger partial charge >= 0.3 is 0 Å². The van der Waals surface area contributed by atoms with Gasteiger partial charge < -0.3 is 4.98 Å². The number of hydroxylamine groups is 3. The molecule has 0 atom stereocenters. The molecule has 0 radical (unpaired) electrons. The van der Waals surface area contributed by atoms with Gasteiger partial charge in [-0.3, -0.25) is 0 Å². The SMILES string of the molecule is C[N+](C)(O)CCc1c[nH]c2ccccc12. The fourth-order valence-electron chi connectivity index (χ4n) is 1.73. The molecule has 1 heterocycles. The lowest BCUT2D eigenvalue weighted by Crippen LogP contribution is -2.37. The lowest BCUT2D eigenvalue weighted by molar-refractivity contribution is -1.07. The first-order valence-electron chi connectivity index (χ1n) is 5.17. The number of rotatable bonds is 3. The number of fused-ring (bicyclic) bond motifs is 1. The average Bonchev–Trinajstić information content (AvgIpc) is 2.57. The van der Waals surface area contributed by atoms with E-state index in [-0.39, 0.29) is 4.65 Å². The van der Waals surface area contributed by atoms with Crippen LogP contribution < -0.4 is 0 Å². The summed E-state index contributed by atoms with van der Waals surface area (Å²) in [6.45, 7) is 0.724. The zero-order valence-corrected chi connectivity index (χ0v) is 9.20. The molecule has 0 unspecified atom stereocenters. The Morgan fingerprint density at radius 3 is 2.73 bits per heavy atom. The van der Waals surface area contributed by atoms with Crippen LogP contribution in [0.5, 0.6) is 0 Å². The van der Waals surface area contributed by atoms with Gasteiger partial charge in [-0.15, -0.1) is 0 Å². The van der Waals surface area contributed by atoms with Crippen LogP contribution in [-0.2, 0) is 6.42 Å². The first kappa shape index (κ1) is 10.2. The Morgan fingerprint density at radius 2 is 2.00 bits per heavy atom. The third kappa shape index (κ3) is 2.37. The van der Waals surface area contributed by atoms with E-state index in [9.17, 15) is 5.21 Å².